The van der Waals surface area contributed by atoms with Crippen LogP contribution in [0.5, 0.6) is 11.5 Å². The highest BCUT2D eigenvalue weighted by Gasteiger charge is 2.21. The van der Waals surface area contributed by atoms with Gasteiger partial charge < -0.3 is 20.1 Å². The van der Waals surface area contributed by atoms with Gasteiger partial charge in [-0.05, 0) is 31.5 Å². The van der Waals surface area contributed by atoms with E-state index in [-0.39, 0.29) is 18.7 Å². The topological polar surface area (TPSA) is 59.6 Å². The number of ether oxygens (including phenoxy) is 2. The van der Waals surface area contributed by atoms with Crippen LogP contribution < -0.4 is 20.1 Å². The van der Waals surface area contributed by atoms with Crippen molar-refractivity contribution in [3.63, 3.8) is 0 Å². The van der Waals surface area contributed by atoms with Gasteiger partial charge in [0.1, 0.15) is 0 Å². The quantitative estimate of drug-likeness (QED) is 0.832. The maximum absolute atomic E-state index is 12.0. The Kier molecular flexibility index (Phi) is 3.06. The molecule has 2 aliphatic heterocycles. The first kappa shape index (κ1) is 11.3. The second-order valence-corrected chi connectivity index (χ2v) is 4.56. The molecule has 18 heavy (non-hydrogen) atoms. The van der Waals surface area contributed by atoms with E-state index < -0.39 is 0 Å². The Labute approximate surface area is 105 Å². The molecule has 3 rings (SSSR count). The monoisotopic (exact) mass is 248 g/mol. The molecule has 1 aromatic rings. The molecule has 0 spiro atoms. The summed E-state index contributed by atoms with van der Waals surface area (Å²) >= 11 is 0. The normalized spacial score (nSPS) is 21.7. The minimum atomic E-state index is -0.0795. The van der Waals surface area contributed by atoms with Gasteiger partial charge in [-0.1, -0.05) is 6.42 Å². The largest absolute Gasteiger partial charge is 0.454 e. The van der Waals surface area contributed by atoms with Crippen LogP contribution in [-0.4, -0.2) is 25.3 Å². The van der Waals surface area contributed by atoms with Gasteiger partial charge in [-0.15, -0.1) is 0 Å². The molecule has 0 saturated carbocycles. The molecule has 1 atom stereocenters. The molecule has 1 amide bonds. The summed E-state index contributed by atoms with van der Waals surface area (Å²) in [7, 11) is 0. The Morgan fingerprint density at radius 1 is 1.28 bits per heavy atom. The van der Waals surface area contributed by atoms with E-state index in [2.05, 4.69) is 10.6 Å². The third kappa shape index (κ3) is 2.26. The number of carbonyl (C=O) groups is 1. The molecular formula is C13H16N2O3. The predicted molar refractivity (Wildman–Crippen MR) is 66.8 cm³/mol. The van der Waals surface area contributed by atoms with E-state index in [1.807, 2.05) is 12.1 Å². The van der Waals surface area contributed by atoms with E-state index in [9.17, 15) is 4.79 Å². The van der Waals surface area contributed by atoms with E-state index in [0.717, 1.165) is 37.2 Å². The molecule has 5 nitrogen and oxygen atoms in total. The Hall–Kier alpha value is -1.75. The van der Waals surface area contributed by atoms with Crippen LogP contribution in [0.2, 0.25) is 0 Å². The van der Waals surface area contributed by atoms with Gasteiger partial charge in [0, 0.05) is 11.8 Å². The molecule has 1 aromatic carbocycles. The Balaban J connectivity index is 1.66. The number of piperidine rings is 1. The smallest absolute Gasteiger partial charge is 0.241 e. The summed E-state index contributed by atoms with van der Waals surface area (Å²) in [5, 5.41) is 6.13. The Morgan fingerprint density at radius 2 is 2.17 bits per heavy atom. The summed E-state index contributed by atoms with van der Waals surface area (Å²) in [6, 6.07) is 5.35. The second-order valence-electron chi connectivity index (χ2n) is 4.56. The third-order valence-electron chi connectivity index (χ3n) is 3.27. The number of hydrogen-bond donors (Lipinski definition) is 2. The zero-order valence-electron chi connectivity index (χ0n) is 10.1. The van der Waals surface area contributed by atoms with Crippen molar-refractivity contribution in [1.29, 1.82) is 0 Å². The molecule has 2 N–H and O–H groups in total. The van der Waals surface area contributed by atoms with Crippen molar-refractivity contribution in [2.75, 3.05) is 18.7 Å². The van der Waals surface area contributed by atoms with E-state index in [0.29, 0.717) is 5.75 Å². The Morgan fingerprint density at radius 3 is 3.00 bits per heavy atom. The lowest BCUT2D eigenvalue weighted by atomic mass is 10.0. The van der Waals surface area contributed by atoms with E-state index >= 15 is 0 Å². The molecule has 2 heterocycles. The fourth-order valence-corrected chi connectivity index (χ4v) is 2.28. The molecule has 0 bridgehead atoms. The highest BCUT2D eigenvalue weighted by molar-refractivity contribution is 5.95. The molecule has 2 aliphatic rings. The van der Waals surface area contributed by atoms with Crippen LogP contribution in [-0.2, 0) is 4.79 Å². The van der Waals surface area contributed by atoms with Gasteiger partial charge >= 0.3 is 0 Å². The van der Waals surface area contributed by atoms with Crippen molar-refractivity contribution in [3.8, 4) is 11.5 Å². The number of benzene rings is 1. The van der Waals surface area contributed by atoms with Crippen molar-refractivity contribution >= 4 is 11.6 Å². The van der Waals surface area contributed by atoms with E-state index in [1.54, 1.807) is 6.07 Å². The van der Waals surface area contributed by atoms with Crippen molar-refractivity contribution in [2.45, 2.75) is 25.3 Å². The average molecular weight is 248 g/mol. The van der Waals surface area contributed by atoms with Crippen LogP contribution in [0.25, 0.3) is 0 Å². The lowest BCUT2D eigenvalue weighted by Crippen LogP contribution is -2.43. The minimum absolute atomic E-state index is 0.0218. The number of anilines is 1. The number of carbonyl (C=O) groups excluding carboxylic acids is 1. The van der Waals surface area contributed by atoms with Gasteiger partial charge in [-0.3, -0.25) is 4.79 Å². The number of fused-ring (bicyclic) bond motifs is 1. The molecule has 5 heteroatoms. The lowest BCUT2D eigenvalue weighted by Gasteiger charge is -2.22. The van der Waals surface area contributed by atoms with E-state index in [1.165, 1.54) is 0 Å². The summed E-state index contributed by atoms with van der Waals surface area (Å²) < 4.78 is 10.5. The summed E-state index contributed by atoms with van der Waals surface area (Å²) in [6.45, 7) is 1.16. The highest BCUT2D eigenvalue weighted by atomic mass is 16.7. The minimum Gasteiger partial charge on any atom is -0.454 e. The zero-order chi connectivity index (χ0) is 12.4. The maximum Gasteiger partial charge on any atom is 0.241 e. The average Bonchev–Trinajstić information content (AvgIpc) is 2.87. The number of rotatable bonds is 2. The van der Waals surface area contributed by atoms with Crippen LogP contribution in [0, 0.1) is 0 Å². The lowest BCUT2D eigenvalue weighted by molar-refractivity contribution is -0.118. The first-order valence-electron chi connectivity index (χ1n) is 6.27. The maximum atomic E-state index is 12.0. The molecule has 0 unspecified atom stereocenters. The first-order valence-corrected chi connectivity index (χ1v) is 6.27. The molecule has 0 aliphatic carbocycles. The number of nitrogens with one attached hydrogen (secondary N) is 2. The first-order chi connectivity index (χ1) is 8.83. The summed E-state index contributed by atoms with van der Waals surface area (Å²) in [6.07, 6.45) is 3.15. The highest BCUT2D eigenvalue weighted by Crippen LogP contribution is 2.34. The standard InChI is InChI=1S/C13H16N2O3/c16-13(10-3-1-2-6-14-10)15-9-4-5-11-12(7-9)18-8-17-11/h4-5,7,10,14H,1-3,6,8H2,(H,15,16)/t10-/m1/s1. The molecule has 0 aromatic heterocycles. The molecule has 0 radical (unpaired) electrons. The number of amides is 1. The van der Waals surface area contributed by atoms with E-state index in [4.69, 9.17) is 9.47 Å². The third-order valence-corrected chi connectivity index (χ3v) is 3.27. The van der Waals surface area contributed by atoms with Crippen molar-refractivity contribution in [2.24, 2.45) is 0 Å². The Bertz CT molecular complexity index is 456. The van der Waals surface area contributed by atoms with Gasteiger partial charge in [0.05, 0.1) is 6.04 Å². The fourth-order valence-electron chi connectivity index (χ4n) is 2.28. The van der Waals surface area contributed by atoms with Crippen molar-refractivity contribution in [3.05, 3.63) is 18.2 Å². The van der Waals surface area contributed by atoms with Gasteiger partial charge in [0.15, 0.2) is 11.5 Å². The van der Waals surface area contributed by atoms with Gasteiger partial charge in [0.2, 0.25) is 12.7 Å². The summed E-state index contributed by atoms with van der Waals surface area (Å²) in [5.41, 5.74) is 0.747. The van der Waals surface area contributed by atoms with Gasteiger partial charge in [-0.25, -0.2) is 0 Å². The zero-order valence-corrected chi connectivity index (χ0v) is 10.1. The van der Waals surface area contributed by atoms with Crippen LogP contribution in [0.3, 0.4) is 0 Å². The van der Waals surface area contributed by atoms with Crippen LogP contribution in [0.15, 0.2) is 18.2 Å². The second kappa shape index (κ2) is 4.86. The van der Waals surface area contributed by atoms with Crippen LogP contribution >= 0.6 is 0 Å². The predicted octanol–water partition coefficient (Wildman–Crippen LogP) is 1.50. The molecule has 1 fully saturated rings. The van der Waals surface area contributed by atoms with Crippen LogP contribution in [0.4, 0.5) is 5.69 Å². The molecule has 1 saturated heterocycles. The van der Waals surface area contributed by atoms with Crippen molar-refractivity contribution < 1.29 is 14.3 Å². The summed E-state index contributed by atoms with van der Waals surface area (Å²) in [4.78, 5) is 12.0. The molecular weight excluding hydrogens is 232 g/mol. The SMILES string of the molecule is O=C(Nc1ccc2c(c1)OCO2)[C@H]1CCCCN1. The van der Waals surface area contributed by atoms with Gasteiger partial charge in [-0.2, -0.15) is 0 Å². The van der Waals surface area contributed by atoms with Crippen LogP contribution in [0.1, 0.15) is 19.3 Å². The summed E-state index contributed by atoms with van der Waals surface area (Å²) in [5.74, 6) is 1.43. The number of hydrogen-bond acceptors (Lipinski definition) is 4. The fraction of sp³-hybridized carbons (Fsp3) is 0.462. The van der Waals surface area contributed by atoms with Crippen molar-refractivity contribution in [1.82, 2.24) is 5.32 Å². The molecule has 96 valence electrons. The van der Waals surface area contributed by atoms with Gasteiger partial charge in [0.25, 0.3) is 0 Å².